The Balaban J connectivity index is 3.67. The minimum absolute atomic E-state index is 0.161. The van der Waals surface area contributed by atoms with E-state index in [-0.39, 0.29) is 12.5 Å². The molecule has 3 unspecified atom stereocenters. The Hall–Kier alpha value is -1.17. The van der Waals surface area contributed by atoms with Gasteiger partial charge in [-0.25, -0.2) is 0 Å². The van der Waals surface area contributed by atoms with E-state index in [0.29, 0.717) is 12.8 Å². The van der Waals surface area contributed by atoms with Gasteiger partial charge in [-0.15, -0.1) is 0 Å². The summed E-state index contributed by atoms with van der Waals surface area (Å²) >= 11 is 0. The fourth-order valence-electron chi connectivity index (χ4n) is 6.30. The second-order valence-electron chi connectivity index (χ2n) is 14.2. The van der Waals surface area contributed by atoms with Gasteiger partial charge in [-0.1, -0.05) is 179 Å². The molecule has 3 atom stereocenters. The number of amides is 1. The SMILES string of the molecule is CCCCCCCCCCCCCCCC/C=C/CC/C=C/CCCC(O)C(O)C(CO)NC(=O)CCCCCCCCCCCC. The van der Waals surface area contributed by atoms with Crippen molar-refractivity contribution in [2.75, 3.05) is 6.61 Å². The van der Waals surface area contributed by atoms with E-state index in [1.807, 2.05) is 0 Å². The predicted molar refractivity (Wildman–Crippen MR) is 204 cm³/mol. The van der Waals surface area contributed by atoms with Gasteiger partial charge in [0.25, 0.3) is 0 Å². The van der Waals surface area contributed by atoms with Crippen LogP contribution in [0, 0.1) is 0 Å². The first-order chi connectivity index (χ1) is 23.1. The lowest BCUT2D eigenvalue weighted by atomic mass is 10.0. The molecule has 5 nitrogen and oxygen atoms in total. The molecule has 0 spiro atoms. The van der Waals surface area contributed by atoms with Crippen molar-refractivity contribution in [2.45, 2.75) is 231 Å². The number of hydrogen-bond acceptors (Lipinski definition) is 4. The lowest BCUT2D eigenvalue weighted by Crippen LogP contribution is -2.50. The van der Waals surface area contributed by atoms with Crippen LogP contribution in [-0.2, 0) is 4.79 Å². The summed E-state index contributed by atoms with van der Waals surface area (Å²) in [7, 11) is 0. The van der Waals surface area contributed by atoms with Gasteiger partial charge in [0.05, 0.1) is 18.8 Å². The van der Waals surface area contributed by atoms with Crippen molar-refractivity contribution < 1.29 is 20.1 Å². The number of rotatable bonds is 37. The smallest absolute Gasteiger partial charge is 0.220 e. The summed E-state index contributed by atoms with van der Waals surface area (Å²) < 4.78 is 0. The van der Waals surface area contributed by atoms with Crippen molar-refractivity contribution in [2.24, 2.45) is 0 Å². The molecule has 0 aromatic heterocycles. The van der Waals surface area contributed by atoms with Crippen LogP contribution in [0.5, 0.6) is 0 Å². The molecule has 0 aliphatic carbocycles. The zero-order valence-corrected chi connectivity index (χ0v) is 31.4. The van der Waals surface area contributed by atoms with E-state index in [0.717, 1.165) is 44.9 Å². The number of hydrogen-bond donors (Lipinski definition) is 4. The third-order valence-electron chi connectivity index (χ3n) is 9.54. The summed E-state index contributed by atoms with van der Waals surface area (Å²) in [5.41, 5.74) is 0. The van der Waals surface area contributed by atoms with Crippen molar-refractivity contribution in [3.8, 4) is 0 Å². The summed E-state index contributed by atoms with van der Waals surface area (Å²) in [6.07, 6.45) is 44.4. The molecule has 5 heteroatoms. The first-order valence-corrected chi connectivity index (χ1v) is 20.6. The molecule has 278 valence electrons. The number of nitrogens with one attached hydrogen (secondary N) is 1. The molecular weight excluding hydrogens is 582 g/mol. The van der Waals surface area contributed by atoms with E-state index in [9.17, 15) is 20.1 Å². The van der Waals surface area contributed by atoms with Crippen LogP contribution in [0.3, 0.4) is 0 Å². The molecular formula is C42H81NO4. The minimum Gasteiger partial charge on any atom is -0.394 e. The average Bonchev–Trinajstić information content (AvgIpc) is 3.07. The first kappa shape index (κ1) is 45.8. The fourth-order valence-corrected chi connectivity index (χ4v) is 6.30. The molecule has 0 aromatic rings. The Morgan fingerprint density at radius 1 is 0.511 bits per heavy atom. The molecule has 1 amide bonds. The Labute approximate surface area is 292 Å². The summed E-state index contributed by atoms with van der Waals surface area (Å²) in [6.45, 7) is 4.14. The molecule has 0 rings (SSSR count). The minimum atomic E-state index is -1.16. The second-order valence-corrected chi connectivity index (χ2v) is 14.2. The van der Waals surface area contributed by atoms with Crippen LogP contribution >= 0.6 is 0 Å². The molecule has 0 aliphatic rings. The summed E-state index contributed by atoms with van der Waals surface area (Å²) in [5.74, 6) is -0.161. The van der Waals surface area contributed by atoms with Crippen LogP contribution in [0.15, 0.2) is 24.3 Å². The highest BCUT2D eigenvalue weighted by Gasteiger charge is 2.26. The van der Waals surface area contributed by atoms with Crippen molar-refractivity contribution in [3.63, 3.8) is 0 Å². The molecule has 47 heavy (non-hydrogen) atoms. The van der Waals surface area contributed by atoms with Gasteiger partial charge >= 0.3 is 0 Å². The Morgan fingerprint density at radius 2 is 0.872 bits per heavy atom. The largest absolute Gasteiger partial charge is 0.394 e. The van der Waals surface area contributed by atoms with E-state index < -0.39 is 18.2 Å². The van der Waals surface area contributed by atoms with Gasteiger partial charge < -0.3 is 20.6 Å². The highest BCUT2D eigenvalue weighted by molar-refractivity contribution is 5.76. The van der Waals surface area contributed by atoms with Crippen LogP contribution in [0.25, 0.3) is 0 Å². The molecule has 0 heterocycles. The van der Waals surface area contributed by atoms with Crippen LogP contribution < -0.4 is 5.32 Å². The molecule has 4 N–H and O–H groups in total. The number of aliphatic hydroxyl groups excluding tert-OH is 3. The zero-order valence-electron chi connectivity index (χ0n) is 31.4. The second kappa shape index (κ2) is 37.6. The van der Waals surface area contributed by atoms with Gasteiger partial charge in [-0.05, 0) is 51.4 Å². The number of carbonyl (C=O) groups is 1. The normalized spacial score (nSPS) is 13.9. The topological polar surface area (TPSA) is 89.8 Å². The van der Waals surface area contributed by atoms with Crippen LogP contribution in [-0.4, -0.2) is 46.1 Å². The van der Waals surface area contributed by atoms with Crippen LogP contribution in [0.2, 0.25) is 0 Å². The molecule has 0 saturated heterocycles. The summed E-state index contributed by atoms with van der Waals surface area (Å²) in [6, 6.07) is -0.826. The third kappa shape index (κ3) is 33.1. The molecule has 0 aromatic carbocycles. The predicted octanol–water partition coefficient (Wildman–Crippen LogP) is 11.4. The van der Waals surface area contributed by atoms with Gasteiger partial charge in [-0.3, -0.25) is 4.79 Å². The maximum Gasteiger partial charge on any atom is 0.220 e. The molecule has 0 aliphatic heterocycles. The summed E-state index contributed by atoms with van der Waals surface area (Å²) in [4.78, 5) is 12.3. The molecule has 0 fully saturated rings. The van der Waals surface area contributed by atoms with Gasteiger partial charge in [0, 0.05) is 6.42 Å². The van der Waals surface area contributed by atoms with E-state index >= 15 is 0 Å². The number of aliphatic hydroxyl groups is 3. The zero-order chi connectivity index (χ0) is 34.5. The maximum absolute atomic E-state index is 12.3. The lowest BCUT2D eigenvalue weighted by molar-refractivity contribution is -0.124. The van der Waals surface area contributed by atoms with E-state index in [2.05, 4.69) is 43.5 Å². The quantitative estimate of drug-likeness (QED) is 0.0393. The van der Waals surface area contributed by atoms with Crippen LogP contribution in [0.1, 0.15) is 213 Å². The Kier molecular flexibility index (Phi) is 36.7. The summed E-state index contributed by atoms with van der Waals surface area (Å²) in [5, 5.41) is 33.3. The number of unbranched alkanes of at least 4 members (excludes halogenated alkanes) is 25. The van der Waals surface area contributed by atoms with E-state index in [4.69, 9.17) is 0 Å². The maximum atomic E-state index is 12.3. The number of allylic oxidation sites excluding steroid dienone is 4. The van der Waals surface area contributed by atoms with E-state index in [1.54, 1.807) is 0 Å². The molecule has 0 radical (unpaired) electrons. The average molecular weight is 664 g/mol. The molecule has 0 bridgehead atoms. The van der Waals surface area contributed by atoms with Gasteiger partial charge in [0.1, 0.15) is 6.10 Å². The van der Waals surface area contributed by atoms with Crippen molar-refractivity contribution in [3.05, 3.63) is 24.3 Å². The number of carbonyl (C=O) groups excluding carboxylic acids is 1. The van der Waals surface area contributed by atoms with Gasteiger partial charge in [0.15, 0.2) is 0 Å². The highest BCUT2D eigenvalue weighted by Crippen LogP contribution is 2.15. The fraction of sp³-hybridized carbons (Fsp3) is 0.881. The monoisotopic (exact) mass is 664 g/mol. The van der Waals surface area contributed by atoms with Crippen molar-refractivity contribution in [1.29, 1.82) is 0 Å². The third-order valence-corrected chi connectivity index (χ3v) is 9.54. The Bertz CT molecular complexity index is 694. The van der Waals surface area contributed by atoms with Gasteiger partial charge in [0.2, 0.25) is 5.91 Å². The standard InChI is InChI=1S/C42H81NO4/c1-3-5-7-9-11-13-15-16-17-18-19-20-21-22-23-24-25-26-27-28-30-32-34-36-40(45)42(47)39(38-44)43-41(46)37-35-33-31-29-14-12-10-8-6-4-2/h24-25,28,30,39-40,42,44-45,47H,3-23,26-27,29,31-38H2,1-2H3,(H,43,46)/b25-24+,30-28+. The van der Waals surface area contributed by atoms with Crippen molar-refractivity contribution >= 4 is 5.91 Å². The molecule has 0 saturated carbocycles. The van der Waals surface area contributed by atoms with Crippen molar-refractivity contribution in [1.82, 2.24) is 5.32 Å². The first-order valence-electron chi connectivity index (χ1n) is 20.6. The van der Waals surface area contributed by atoms with Gasteiger partial charge in [-0.2, -0.15) is 0 Å². The Morgan fingerprint density at radius 3 is 1.30 bits per heavy atom. The van der Waals surface area contributed by atoms with Crippen LogP contribution in [0.4, 0.5) is 0 Å². The highest BCUT2D eigenvalue weighted by atomic mass is 16.3. The van der Waals surface area contributed by atoms with E-state index in [1.165, 1.54) is 141 Å². The lowest BCUT2D eigenvalue weighted by Gasteiger charge is -2.26.